The van der Waals surface area contributed by atoms with Gasteiger partial charge in [0.15, 0.2) is 0 Å². The Hall–Kier alpha value is -1.58. The van der Waals surface area contributed by atoms with Gasteiger partial charge in [0.25, 0.3) is 0 Å². The van der Waals surface area contributed by atoms with Crippen LogP contribution in [0.3, 0.4) is 0 Å². The van der Waals surface area contributed by atoms with Gasteiger partial charge >= 0.3 is 0 Å². The van der Waals surface area contributed by atoms with Gasteiger partial charge in [-0.25, -0.2) is 0 Å². The third kappa shape index (κ3) is 2.23. The maximum atomic E-state index is 4.74. The van der Waals surface area contributed by atoms with Crippen LogP contribution in [-0.2, 0) is 0 Å². The first-order valence-corrected chi connectivity index (χ1v) is 3.43. The van der Waals surface area contributed by atoms with E-state index in [1.165, 1.54) is 0 Å². The van der Waals surface area contributed by atoms with Crippen molar-refractivity contribution in [1.29, 1.82) is 0 Å². The van der Waals surface area contributed by atoms with Gasteiger partial charge in [-0.1, -0.05) is 5.22 Å². The molecule has 0 aliphatic rings. The van der Waals surface area contributed by atoms with Crippen molar-refractivity contribution in [2.75, 3.05) is 12.5 Å². The summed E-state index contributed by atoms with van der Waals surface area (Å²) in [7, 11) is 4.88. The quantitative estimate of drug-likeness (QED) is 0.550. The van der Waals surface area contributed by atoms with Gasteiger partial charge in [0, 0.05) is 0 Å². The molecular weight excluding hydrogens is 154 g/mol. The van der Waals surface area contributed by atoms with Crippen LogP contribution in [-0.4, -0.2) is 7.05 Å². The number of hydrogen-bond acceptors (Lipinski definition) is 3. The lowest BCUT2D eigenvalue weighted by Gasteiger charge is -2.00. The summed E-state index contributed by atoms with van der Waals surface area (Å²) in [5, 5.41) is 7.16. The summed E-state index contributed by atoms with van der Waals surface area (Å²) in [5.74, 6) is 0.717. The van der Waals surface area contributed by atoms with Crippen molar-refractivity contribution in [3.8, 4) is 5.75 Å². The van der Waals surface area contributed by atoms with Gasteiger partial charge in [0.2, 0.25) is 0 Å². The van der Waals surface area contributed by atoms with E-state index in [1.54, 1.807) is 19.2 Å². The molecule has 0 aliphatic carbocycles. The summed E-state index contributed by atoms with van der Waals surface area (Å²) in [4.78, 5) is 0. The largest absolute Gasteiger partial charge is 0.490 e. The molecule has 1 rings (SSSR count). The minimum Gasteiger partial charge on any atom is -0.490 e. The molecule has 1 aromatic rings. The highest BCUT2D eigenvalue weighted by atomic mass is 16.5. The molecule has 0 fully saturated rings. The number of anilines is 1. The standard InChI is InChI=1S/C8H10N3O/c1-9-11-10-7-3-5-8(12-2)6-4-7/h3-6H,2H2,1H3,(H,9,10). The van der Waals surface area contributed by atoms with Crippen molar-refractivity contribution < 1.29 is 4.74 Å². The van der Waals surface area contributed by atoms with Crippen LogP contribution < -0.4 is 10.2 Å². The lowest BCUT2D eigenvalue weighted by atomic mass is 10.3. The zero-order valence-electron chi connectivity index (χ0n) is 6.82. The molecule has 0 bridgehead atoms. The number of benzene rings is 1. The zero-order valence-corrected chi connectivity index (χ0v) is 6.82. The Morgan fingerprint density at radius 3 is 2.50 bits per heavy atom. The van der Waals surface area contributed by atoms with E-state index in [0.29, 0.717) is 5.75 Å². The zero-order chi connectivity index (χ0) is 8.81. The number of rotatable bonds is 3. The Balaban J connectivity index is 2.64. The summed E-state index contributed by atoms with van der Waals surface area (Å²) in [6.07, 6.45) is 0. The fourth-order valence-electron chi connectivity index (χ4n) is 0.733. The molecule has 0 aliphatic heterocycles. The van der Waals surface area contributed by atoms with E-state index in [4.69, 9.17) is 4.74 Å². The summed E-state index contributed by atoms with van der Waals surface area (Å²) >= 11 is 0. The van der Waals surface area contributed by atoms with Crippen molar-refractivity contribution in [2.45, 2.75) is 0 Å². The molecule has 0 heterocycles. The molecule has 0 unspecified atom stereocenters. The molecule has 1 aromatic carbocycles. The molecule has 1 N–H and O–H groups in total. The molecule has 1 radical (unpaired) electrons. The summed E-state index contributed by atoms with van der Waals surface area (Å²) in [6, 6.07) is 7.24. The minimum atomic E-state index is 0.717. The Kier molecular flexibility index (Phi) is 3.07. The second-order valence-electron chi connectivity index (χ2n) is 2.08. The first-order valence-electron chi connectivity index (χ1n) is 3.43. The average Bonchev–Trinajstić information content (AvgIpc) is 2.15. The third-order valence-electron chi connectivity index (χ3n) is 1.30. The summed E-state index contributed by atoms with van der Waals surface area (Å²) < 4.78 is 4.74. The van der Waals surface area contributed by atoms with Gasteiger partial charge in [0.05, 0.1) is 12.7 Å². The van der Waals surface area contributed by atoms with Crippen LogP contribution in [0.1, 0.15) is 0 Å². The van der Waals surface area contributed by atoms with E-state index >= 15 is 0 Å². The van der Waals surface area contributed by atoms with Crippen LogP contribution in [0.2, 0.25) is 0 Å². The lowest BCUT2D eigenvalue weighted by Crippen LogP contribution is -1.86. The SMILES string of the molecule is [CH2]Oc1ccc(N/N=N/C)cc1. The van der Waals surface area contributed by atoms with Crippen molar-refractivity contribution in [3.05, 3.63) is 31.4 Å². The van der Waals surface area contributed by atoms with E-state index < -0.39 is 0 Å². The molecule has 4 heteroatoms. The molecule has 0 amide bonds. The number of ether oxygens (including phenoxy) is 1. The highest BCUT2D eigenvalue weighted by Crippen LogP contribution is 2.14. The van der Waals surface area contributed by atoms with Crippen molar-refractivity contribution >= 4 is 5.69 Å². The van der Waals surface area contributed by atoms with Gasteiger partial charge in [-0.2, -0.15) is 5.11 Å². The molecule has 0 aromatic heterocycles. The van der Waals surface area contributed by atoms with Gasteiger partial charge in [-0.3, -0.25) is 5.43 Å². The molecule has 0 saturated heterocycles. The third-order valence-corrected chi connectivity index (χ3v) is 1.30. The molecule has 0 atom stereocenters. The monoisotopic (exact) mass is 164 g/mol. The fourth-order valence-corrected chi connectivity index (χ4v) is 0.733. The predicted molar refractivity (Wildman–Crippen MR) is 46.8 cm³/mol. The van der Waals surface area contributed by atoms with Gasteiger partial charge in [-0.05, 0) is 24.3 Å². The van der Waals surface area contributed by atoms with Gasteiger partial charge < -0.3 is 4.74 Å². The van der Waals surface area contributed by atoms with Gasteiger partial charge in [0.1, 0.15) is 12.9 Å². The minimum absolute atomic E-state index is 0.717. The first-order chi connectivity index (χ1) is 5.86. The van der Waals surface area contributed by atoms with Crippen LogP contribution in [0.25, 0.3) is 0 Å². The molecule has 12 heavy (non-hydrogen) atoms. The molecule has 0 saturated carbocycles. The molecule has 4 nitrogen and oxygen atoms in total. The Morgan fingerprint density at radius 1 is 1.33 bits per heavy atom. The highest BCUT2D eigenvalue weighted by molar-refractivity contribution is 5.45. The number of hydrogen-bond donors (Lipinski definition) is 1. The van der Waals surface area contributed by atoms with Crippen LogP contribution in [0.4, 0.5) is 5.69 Å². The van der Waals surface area contributed by atoms with Gasteiger partial charge in [-0.15, -0.1) is 0 Å². The molecular formula is C8H10N3O. The summed E-state index contributed by atoms with van der Waals surface area (Å²) in [6.45, 7) is 0. The second-order valence-corrected chi connectivity index (χ2v) is 2.08. The Bertz CT molecular complexity index is 256. The van der Waals surface area contributed by atoms with E-state index in [0.717, 1.165) is 5.69 Å². The van der Waals surface area contributed by atoms with Crippen molar-refractivity contribution in [2.24, 2.45) is 10.3 Å². The second kappa shape index (κ2) is 4.33. The Morgan fingerprint density at radius 2 is 2.00 bits per heavy atom. The fraction of sp³-hybridized carbons (Fsp3) is 0.125. The first kappa shape index (κ1) is 8.52. The highest BCUT2D eigenvalue weighted by Gasteiger charge is 1.90. The van der Waals surface area contributed by atoms with E-state index in [-0.39, 0.29) is 0 Å². The van der Waals surface area contributed by atoms with Crippen LogP contribution in [0, 0.1) is 7.11 Å². The normalized spacial score (nSPS) is 10.2. The molecule has 63 valence electrons. The molecule has 0 spiro atoms. The Labute approximate surface area is 71.2 Å². The lowest BCUT2D eigenvalue weighted by molar-refractivity contribution is 0.473. The average molecular weight is 164 g/mol. The maximum absolute atomic E-state index is 4.74. The van der Waals surface area contributed by atoms with E-state index in [1.807, 2.05) is 12.1 Å². The van der Waals surface area contributed by atoms with Crippen molar-refractivity contribution in [1.82, 2.24) is 0 Å². The van der Waals surface area contributed by atoms with Crippen LogP contribution >= 0.6 is 0 Å². The van der Waals surface area contributed by atoms with E-state index in [2.05, 4.69) is 22.9 Å². The van der Waals surface area contributed by atoms with Crippen LogP contribution in [0.5, 0.6) is 5.75 Å². The predicted octanol–water partition coefficient (Wildman–Crippen LogP) is 2.27. The summed E-state index contributed by atoms with van der Waals surface area (Å²) in [5.41, 5.74) is 3.59. The smallest absolute Gasteiger partial charge is 0.122 e. The number of nitrogens with zero attached hydrogens (tertiary/aromatic N) is 2. The van der Waals surface area contributed by atoms with Crippen molar-refractivity contribution in [3.63, 3.8) is 0 Å². The van der Waals surface area contributed by atoms with E-state index in [9.17, 15) is 0 Å². The maximum Gasteiger partial charge on any atom is 0.122 e. The topological polar surface area (TPSA) is 46.0 Å². The number of nitrogens with one attached hydrogen (secondary N) is 1. The van der Waals surface area contributed by atoms with Crippen LogP contribution in [0.15, 0.2) is 34.6 Å².